The smallest absolute Gasteiger partial charge is 0.180 e. The first-order valence-corrected chi connectivity index (χ1v) is 10.2. The molecule has 2 N–H and O–H groups in total. The Balaban J connectivity index is 2.35. The molecule has 0 radical (unpaired) electrons. The summed E-state index contributed by atoms with van der Waals surface area (Å²) >= 11 is 3.29. The van der Waals surface area contributed by atoms with Crippen LogP contribution in [0, 0.1) is 0 Å². The number of nitrogen functional groups attached to an aromatic ring is 1. The molecule has 3 nitrogen and oxygen atoms in total. The molecule has 1 rings (SSSR count). The van der Waals surface area contributed by atoms with Crippen molar-refractivity contribution in [2.45, 2.75) is 63.2 Å². The maximum Gasteiger partial charge on any atom is 0.180 e. The second kappa shape index (κ2) is 9.46. The van der Waals surface area contributed by atoms with Gasteiger partial charge in [-0.3, -0.25) is 0 Å². The molecular formula is C16H26BrNO2S. The van der Waals surface area contributed by atoms with E-state index in [9.17, 15) is 8.42 Å². The molecule has 0 bridgehead atoms. The highest BCUT2D eigenvalue weighted by atomic mass is 79.9. The normalized spacial score (nSPS) is 11.7. The number of rotatable bonds is 10. The first kappa shape index (κ1) is 18.5. The third-order valence-electron chi connectivity index (χ3n) is 3.58. The van der Waals surface area contributed by atoms with Crippen molar-refractivity contribution in [2.24, 2.45) is 0 Å². The summed E-state index contributed by atoms with van der Waals surface area (Å²) in [6.45, 7) is 2.21. The van der Waals surface area contributed by atoms with Gasteiger partial charge in [-0.05, 0) is 24.6 Å². The Morgan fingerprint density at radius 1 is 1.00 bits per heavy atom. The zero-order valence-corrected chi connectivity index (χ0v) is 15.2. The molecule has 21 heavy (non-hydrogen) atoms. The second-order valence-corrected chi connectivity index (χ2v) is 8.47. The maximum absolute atomic E-state index is 12.3. The first-order valence-electron chi connectivity index (χ1n) is 7.75. The summed E-state index contributed by atoms with van der Waals surface area (Å²) in [4.78, 5) is 0.250. The first-order chi connectivity index (χ1) is 9.97. The number of halogens is 1. The lowest BCUT2D eigenvalue weighted by Crippen LogP contribution is -2.09. The maximum atomic E-state index is 12.3. The van der Waals surface area contributed by atoms with Gasteiger partial charge in [-0.1, -0.05) is 67.8 Å². The summed E-state index contributed by atoms with van der Waals surface area (Å²) < 4.78 is 25.3. The number of unbranched alkanes of at least 4 members (excludes halogenated alkanes) is 7. The number of hydrogen-bond acceptors (Lipinski definition) is 3. The summed E-state index contributed by atoms with van der Waals surface area (Å²) in [7, 11) is -3.27. The van der Waals surface area contributed by atoms with E-state index in [0.29, 0.717) is 12.1 Å². The van der Waals surface area contributed by atoms with Crippen molar-refractivity contribution in [1.82, 2.24) is 0 Å². The molecule has 5 heteroatoms. The van der Waals surface area contributed by atoms with Crippen molar-refractivity contribution in [3.8, 4) is 0 Å². The van der Waals surface area contributed by atoms with Crippen LogP contribution in [-0.4, -0.2) is 14.2 Å². The van der Waals surface area contributed by atoms with Gasteiger partial charge in [0.1, 0.15) is 0 Å². The van der Waals surface area contributed by atoms with Gasteiger partial charge in [0.25, 0.3) is 0 Å². The lowest BCUT2D eigenvalue weighted by atomic mass is 10.1. The Morgan fingerprint density at radius 3 is 2.19 bits per heavy atom. The molecule has 0 aromatic heterocycles. The molecule has 0 atom stereocenters. The van der Waals surface area contributed by atoms with Crippen molar-refractivity contribution in [2.75, 3.05) is 11.5 Å². The SMILES string of the molecule is CCCCCCCCCCS(=O)(=O)c1cc(Br)ccc1N. The van der Waals surface area contributed by atoms with Crippen molar-refractivity contribution in [1.29, 1.82) is 0 Å². The minimum absolute atomic E-state index is 0.183. The average Bonchev–Trinajstić information content (AvgIpc) is 2.44. The second-order valence-electron chi connectivity index (χ2n) is 5.48. The van der Waals surface area contributed by atoms with Crippen LogP contribution in [0.4, 0.5) is 5.69 Å². The van der Waals surface area contributed by atoms with Crippen LogP contribution in [0.15, 0.2) is 27.6 Å². The molecule has 0 unspecified atom stereocenters. The van der Waals surface area contributed by atoms with Crippen LogP contribution in [0.5, 0.6) is 0 Å². The van der Waals surface area contributed by atoms with Gasteiger partial charge in [-0.25, -0.2) is 8.42 Å². The zero-order chi connectivity index (χ0) is 15.7. The molecule has 0 heterocycles. The molecule has 0 fully saturated rings. The predicted octanol–water partition coefficient (Wildman–Crippen LogP) is 4.95. The third-order valence-corrected chi connectivity index (χ3v) is 5.92. The average molecular weight is 376 g/mol. The van der Waals surface area contributed by atoms with Gasteiger partial charge in [0.15, 0.2) is 9.84 Å². The van der Waals surface area contributed by atoms with E-state index in [2.05, 4.69) is 22.9 Å². The summed E-state index contributed by atoms with van der Waals surface area (Å²) in [6, 6.07) is 4.98. The van der Waals surface area contributed by atoms with Gasteiger partial charge in [-0.15, -0.1) is 0 Å². The number of benzene rings is 1. The van der Waals surface area contributed by atoms with Crippen LogP contribution >= 0.6 is 15.9 Å². The van der Waals surface area contributed by atoms with Gasteiger partial charge >= 0.3 is 0 Å². The fourth-order valence-electron chi connectivity index (χ4n) is 2.31. The topological polar surface area (TPSA) is 60.2 Å². The summed E-state index contributed by atoms with van der Waals surface area (Å²) in [5, 5.41) is 0. The van der Waals surface area contributed by atoms with Crippen molar-refractivity contribution < 1.29 is 8.42 Å². The van der Waals surface area contributed by atoms with Gasteiger partial charge in [0, 0.05) is 4.47 Å². The third kappa shape index (κ3) is 6.83. The summed E-state index contributed by atoms with van der Waals surface area (Å²) in [6.07, 6.45) is 9.12. The van der Waals surface area contributed by atoms with Crippen LogP contribution in [-0.2, 0) is 9.84 Å². The standard InChI is InChI=1S/C16H26BrNO2S/c1-2-3-4-5-6-7-8-9-12-21(19,20)16-13-14(17)10-11-15(16)18/h10-11,13H,2-9,12,18H2,1H3. The molecular weight excluding hydrogens is 350 g/mol. The van der Waals surface area contributed by atoms with Crippen molar-refractivity contribution in [3.05, 3.63) is 22.7 Å². The van der Waals surface area contributed by atoms with Crippen molar-refractivity contribution >= 4 is 31.5 Å². The number of anilines is 1. The fraction of sp³-hybridized carbons (Fsp3) is 0.625. The van der Waals surface area contributed by atoms with E-state index in [1.54, 1.807) is 18.2 Å². The molecule has 0 saturated heterocycles. The van der Waals surface area contributed by atoms with E-state index in [4.69, 9.17) is 5.73 Å². The molecule has 120 valence electrons. The monoisotopic (exact) mass is 375 g/mol. The van der Waals surface area contributed by atoms with Crippen molar-refractivity contribution in [3.63, 3.8) is 0 Å². The number of sulfone groups is 1. The lowest BCUT2D eigenvalue weighted by Gasteiger charge is -2.08. The van der Waals surface area contributed by atoms with Gasteiger partial charge in [-0.2, -0.15) is 0 Å². The molecule has 0 spiro atoms. The highest BCUT2D eigenvalue weighted by molar-refractivity contribution is 9.10. The van der Waals surface area contributed by atoms with Gasteiger partial charge < -0.3 is 5.73 Å². The highest BCUT2D eigenvalue weighted by Gasteiger charge is 2.17. The highest BCUT2D eigenvalue weighted by Crippen LogP contribution is 2.24. The Hall–Kier alpha value is -0.550. The Kier molecular flexibility index (Phi) is 8.34. The summed E-state index contributed by atoms with van der Waals surface area (Å²) in [5.74, 6) is 0.183. The van der Waals surface area contributed by atoms with E-state index in [1.807, 2.05) is 0 Å². The van der Waals surface area contributed by atoms with Gasteiger partial charge in [0.2, 0.25) is 0 Å². The molecule has 0 aliphatic rings. The van der Waals surface area contributed by atoms with Crippen LogP contribution in [0.1, 0.15) is 58.3 Å². The molecule has 1 aromatic rings. The van der Waals surface area contributed by atoms with Gasteiger partial charge in [0.05, 0.1) is 16.3 Å². The van der Waals surface area contributed by atoms with E-state index in [1.165, 1.54) is 32.1 Å². The van der Waals surface area contributed by atoms with E-state index in [-0.39, 0.29) is 10.6 Å². The van der Waals surface area contributed by atoms with Crippen LogP contribution < -0.4 is 5.73 Å². The fourth-order valence-corrected chi connectivity index (χ4v) is 4.36. The van der Waals surface area contributed by atoms with E-state index < -0.39 is 9.84 Å². The Bertz CT molecular complexity index is 529. The molecule has 0 saturated carbocycles. The largest absolute Gasteiger partial charge is 0.398 e. The zero-order valence-electron chi connectivity index (χ0n) is 12.8. The number of nitrogens with two attached hydrogens (primary N) is 1. The minimum Gasteiger partial charge on any atom is -0.398 e. The molecule has 0 amide bonds. The van der Waals surface area contributed by atoms with E-state index in [0.717, 1.165) is 17.3 Å². The summed E-state index contributed by atoms with van der Waals surface area (Å²) in [5.41, 5.74) is 6.11. The van der Waals surface area contributed by atoms with Crippen LogP contribution in [0.3, 0.4) is 0 Å². The molecule has 0 aliphatic heterocycles. The number of hydrogen-bond donors (Lipinski definition) is 1. The molecule has 1 aromatic carbocycles. The predicted molar refractivity (Wildman–Crippen MR) is 93.2 cm³/mol. The Morgan fingerprint density at radius 2 is 1.57 bits per heavy atom. The quantitative estimate of drug-likeness (QED) is 0.464. The molecule has 0 aliphatic carbocycles. The lowest BCUT2D eigenvalue weighted by molar-refractivity contribution is 0.572. The van der Waals surface area contributed by atoms with Crippen LogP contribution in [0.25, 0.3) is 0 Å². The van der Waals surface area contributed by atoms with Crippen LogP contribution in [0.2, 0.25) is 0 Å². The Labute approximate surface area is 137 Å². The van der Waals surface area contributed by atoms with E-state index >= 15 is 0 Å². The minimum atomic E-state index is -3.27.